The van der Waals surface area contributed by atoms with Crippen LogP contribution in [0.3, 0.4) is 0 Å². The Bertz CT molecular complexity index is 841. The first kappa shape index (κ1) is 16.1. The van der Waals surface area contributed by atoms with E-state index in [1.165, 1.54) is 0 Å². The molecule has 0 spiro atoms. The molecule has 6 nitrogen and oxygen atoms in total. The molecule has 0 aliphatic rings. The summed E-state index contributed by atoms with van der Waals surface area (Å²) in [6.45, 7) is 0.570. The fraction of sp³-hybridized carbons (Fsp3) is 0.176. The molecule has 124 valence electrons. The van der Waals surface area contributed by atoms with E-state index in [9.17, 15) is 4.79 Å². The van der Waals surface area contributed by atoms with E-state index in [1.54, 1.807) is 35.1 Å². The zero-order valence-corrected chi connectivity index (χ0v) is 13.8. The topological polar surface area (TPSA) is 69.3 Å². The number of nitrogens with zero attached hydrogens (tertiary/aromatic N) is 2. The molecular formula is C17H16ClN3O3. The average molecular weight is 346 g/mol. The van der Waals surface area contributed by atoms with Gasteiger partial charge in [-0.3, -0.25) is 9.48 Å². The van der Waals surface area contributed by atoms with Crippen molar-refractivity contribution in [2.45, 2.75) is 13.2 Å². The first-order valence-corrected chi connectivity index (χ1v) is 7.72. The molecule has 2 aromatic heterocycles. The van der Waals surface area contributed by atoms with Crippen LogP contribution in [0.4, 0.5) is 0 Å². The summed E-state index contributed by atoms with van der Waals surface area (Å²) in [5.41, 5.74) is 0.900. The van der Waals surface area contributed by atoms with Gasteiger partial charge in [0.2, 0.25) is 0 Å². The fourth-order valence-corrected chi connectivity index (χ4v) is 2.31. The van der Waals surface area contributed by atoms with Crippen LogP contribution in [0.15, 0.2) is 53.1 Å². The molecule has 0 fully saturated rings. The highest BCUT2D eigenvalue weighted by Gasteiger charge is 2.12. The van der Waals surface area contributed by atoms with Crippen molar-refractivity contribution < 1.29 is 13.9 Å². The van der Waals surface area contributed by atoms with E-state index in [4.69, 9.17) is 20.8 Å². The summed E-state index contributed by atoms with van der Waals surface area (Å²) in [4.78, 5) is 12.1. The number of carbonyl (C=O) groups is 1. The molecule has 1 amide bonds. The molecule has 1 aromatic carbocycles. The zero-order valence-electron chi connectivity index (χ0n) is 13.0. The quantitative estimate of drug-likeness (QED) is 0.745. The van der Waals surface area contributed by atoms with Crippen LogP contribution in [0.5, 0.6) is 5.75 Å². The minimum absolute atomic E-state index is 0.193. The average Bonchev–Trinajstić information content (AvgIpc) is 3.21. The minimum atomic E-state index is -0.291. The Kier molecular flexibility index (Phi) is 4.86. The van der Waals surface area contributed by atoms with Crippen molar-refractivity contribution in [3.63, 3.8) is 0 Å². The van der Waals surface area contributed by atoms with Gasteiger partial charge < -0.3 is 14.5 Å². The van der Waals surface area contributed by atoms with Crippen LogP contribution in [-0.2, 0) is 20.2 Å². The second kappa shape index (κ2) is 7.23. The smallest absolute Gasteiger partial charge is 0.287 e. The van der Waals surface area contributed by atoms with E-state index in [0.29, 0.717) is 23.1 Å². The first-order valence-electron chi connectivity index (χ1n) is 7.34. The van der Waals surface area contributed by atoms with E-state index in [0.717, 1.165) is 5.69 Å². The molecule has 0 aliphatic carbocycles. The van der Waals surface area contributed by atoms with E-state index >= 15 is 0 Å². The van der Waals surface area contributed by atoms with Gasteiger partial charge in [-0.1, -0.05) is 23.7 Å². The second-order valence-corrected chi connectivity index (χ2v) is 5.52. The molecule has 24 heavy (non-hydrogen) atoms. The van der Waals surface area contributed by atoms with Crippen LogP contribution in [-0.4, -0.2) is 15.7 Å². The number of carbonyl (C=O) groups excluding carboxylic acids is 1. The van der Waals surface area contributed by atoms with Gasteiger partial charge in [0, 0.05) is 13.2 Å². The predicted molar refractivity (Wildman–Crippen MR) is 88.9 cm³/mol. The Morgan fingerprint density at radius 3 is 2.88 bits per heavy atom. The van der Waals surface area contributed by atoms with Crippen LogP contribution >= 0.6 is 11.6 Å². The number of hydrogen-bond donors (Lipinski definition) is 1. The Morgan fingerprint density at radius 2 is 2.12 bits per heavy atom. The summed E-state index contributed by atoms with van der Waals surface area (Å²) in [7, 11) is 1.82. The normalized spacial score (nSPS) is 10.6. The van der Waals surface area contributed by atoms with Gasteiger partial charge >= 0.3 is 0 Å². The third kappa shape index (κ3) is 3.78. The largest absolute Gasteiger partial charge is 0.484 e. The van der Waals surface area contributed by atoms with Crippen LogP contribution in [0.25, 0.3) is 0 Å². The van der Waals surface area contributed by atoms with E-state index in [2.05, 4.69) is 10.4 Å². The number of hydrogen-bond acceptors (Lipinski definition) is 4. The molecule has 1 N–H and O–H groups in total. The number of rotatable bonds is 6. The molecule has 0 aliphatic heterocycles. The highest BCUT2D eigenvalue weighted by molar-refractivity contribution is 6.32. The molecule has 2 heterocycles. The fourth-order valence-electron chi connectivity index (χ4n) is 2.12. The van der Waals surface area contributed by atoms with Gasteiger partial charge in [-0.15, -0.1) is 0 Å². The first-order chi connectivity index (χ1) is 11.6. The highest BCUT2D eigenvalue weighted by atomic mass is 35.5. The number of aryl methyl sites for hydroxylation is 1. The van der Waals surface area contributed by atoms with Gasteiger partial charge in [0.15, 0.2) is 5.76 Å². The Morgan fingerprint density at radius 1 is 1.29 bits per heavy atom. The van der Waals surface area contributed by atoms with Crippen LogP contribution < -0.4 is 10.1 Å². The molecule has 0 saturated heterocycles. The lowest BCUT2D eigenvalue weighted by Gasteiger charge is -2.06. The van der Waals surface area contributed by atoms with Crippen molar-refractivity contribution in [2.75, 3.05) is 0 Å². The van der Waals surface area contributed by atoms with Gasteiger partial charge in [-0.05, 0) is 30.3 Å². The van der Waals surface area contributed by atoms with Gasteiger partial charge in [-0.2, -0.15) is 5.10 Å². The number of ether oxygens (including phenoxy) is 1. The molecule has 3 rings (SSSR count). The third-order valence-corrected chi connectivity index (χ3v) is 3.76. The van der Waals surface area contributed by atoms with Crippen LogP contribution in [0.2, 0.25) is 5.02 Å². The van der Waals surface area contributed by atoms with Crippen LogP contribution in [0, 0.1) is 0 Å². The van der Waals surface area contributed by atoms with Crippen molar-refractivity contribution in [1.82, 2.24) is 15.1 Å². The molecule has 0 atom stereocenters. The molecule has 0 saturated carbocycles. The third-order valence-electron chi connectivity index (χ3n) is 3.44. The van der Waals surface area contributed by atoms with Crippen molar-refractivity contribution in [1.29, 1.82) is 0 Å². The minimum Gasteiger partial charge on any atom is -0.484 e. The monoisotopic (exact) mass is 345 g/mol. The molecular weight excluding hydrogens is 330 g/mol. The maximum atomic E-state index is 12.1. The SMILES string of the molecule is Cn1nccc1CNC(=O)c1ccc(COc2ccccc2Cl)o1. The Labute approximate surface area is 144 Å². The summed E-state index contributed by atoms with van der Waals surface area (Å²) < 4.78 is 12.8. The Hall–Kier alpha value is -2.73. The highest BCUT2D eigenvalue weighted by Crippen LogP contribution is 2.24. The molecule has 0 unspecified atom stereocenters. The van der Waals surface area contributed by atoms with Gasteiger partial charge in [-0.25, -0.2) is 0 Å². The maximum absolute atomic E-state index is 12.1. The summed E-state index contributed by atoms with van der Waals surface area (Å²) in [5, 5.41) is 7.36. The molecule has 3 aromatic rings. The number of nitrogens with one attached hydrogen (secondary N) is 1. The number of amides is 1. The number of para-hydroxylation sites is 1. The van der Waals surface area contributed by atoms with E-state index in [1.807, 2.05) is 25.2 Å². The zero-order chi connectivity index (χ0) is 16.9. The lowest BCUT2D eigenvalue weighted by Crippen LogP contribution is -2.23. The molecule has 7 heteroatoms. The standard InChI is InChI=1S/C17H16ClN3O3/c1-21-12(8-9-20-21)10-19-17(22)16-7-6-13(24-16)11-23-15-5-3-2-4-14(15)18/h2-9H,10-11H2,1H3,(H,19,22). The number of benzene rings is 1. The van der Waals surface area contributed by atoms with Gasteiger partial charge in [0.1, 0.15) is 18.1 Å². The second-order valence-electron chi connectivity index (χ2n) is 5.11. The van der Waals surface area contributed by atoms with Crippen molar-refractivity contribution >= 4 is 17.5 Å². The summed E-state index contributed by atoms with van der Waals surface area (Å²) >= 11 is 6.02. The predicted octanol–water partition coefficient (Wildman–Crippen LogP) is 3.18. The molecule has 0 bridgehead atoms. The summed E-state index contributed by atoms with van der Waals surface area (Å²) in [6, 6.07) is 12.3. The summed E-state index contributed by atoms with van der Waals surface area (Å²) in [5.74, 6) is 1.05. The number of aromatic nitrogens is 2. The maximum Gasteiger partial charge on any atom is 0.287 e. The lowest BCUT2D eigenvalue weighted by atomic mass is 10.3. The van der Waals surface area contributed by atoms with Crippen molar-refractivity contribution in [2.24, 2.45) is 7.05 Å². The van der Waals surface area contributed by atoms with E-state index in [-0.39, 0.29) is 18.3 Å². The van der Waals surface area contributed by atoms with E-state index < -0.39 is 0 Å². The number of furan rings is 1. The van der Waals surface area contributed by atoms with Crippen molar-refractivity contribution in [3.8, 4) is 5.75 Å². The lowest BCUT2D eigenvalue weighted by molar-refractivity contribution is 0.0918. The van der Waals surface area contributed by atoms with Crippen LogP contribution in [0.1, 0.15) is 22.0 Å². The molecule has 0 radical (unpaired) electrons. The van der Waals surface area contributed by atoms with Crippen molar-refractivity contribution in [3.05, 3.63) is 70.9 Å². The Balaban J connectivity index is 1.56. The summed E-state index contributed by atoms with van der Waals surface area (Å²) in [6.07, 6.45) is 1.68. The van der Waals surface area contributed by atoms with Gasteiger partial charge in [0.05, 0.1) is 17.3 Å². The number of halogens is 1. The van der Waals surface area contributed by atoms with Gasteiger partial charge in [0.25, 0.3) is 5.91 Å².